The molecule has 122 valence electrons. The van der Waals surface area contributed by atoms with Crippen LogP contribution in [0.3, 0.4) is 0 Å². The Bertz CT molecular complexity index is 653. The molecular weight excluding hydrogens is 304 g/mol. The van der Waals surface area contributed by atoms with Crippen molar-refractivity contribution in [2.24, 2.45) is 0 Å². The van der Waals surface area contributed by atoms with Gasteiger partial charge in [0.1, 0.15) is 0 Å². The monoisotopic (exact) mass is 326 g/mol. The lowest BCUT2D eigenvalue weighted by atomic mass is 10.2. The predicted molar refractivity (Wildman–Crippen MR) is 84.2 cm³/mol. The minimum absolute atomic E-state index is 0.0133. The summed E-state index contributed by atoms with van der Waals surface area (Å²) in [5.74, 6) is -0.569. The van der Waals surface area contributed by atoms with E-state index in [0.717, 1.165) is 4.31 Å². The van der Waals surface area contributed by atoms with E-state index in [1.54, 1.807) is 26.8 Å². The molecule has 1 aromatic rings. The highest BCUT2D eigenvalue weighted by atomic mass is 32.2. The number of rotatable bonds is 7. The number of ketones is 1. The van der Waals surface area contributed by atoms with Gasteiger partial charge in [-0.15, -0.1) is 0 Å². The van der Waals surface area contributed by atoms with Crippen LogP contribution in [0.5, 0.6) is 0 Å². The zero-order chi connectivity index (χ0) is 16.9. The fraction of sp³-hybridized carbons (Fsp3) is 0.467. The van der Waals surface area contributed by atoms with Crippen molar-refractivity contribution in [3.05, 3.63) is 29.8 Å². The quantitative estimate of drug-likeness (QED) is 0.768. The summed E-state index contributed by atoms with van der Waals surface area (Å²) in [4.78, 5) is 23.2. The van der Waals surface area contributed by atoms with Gasteiger partial charge in [0.15, 0.2) is 5.78 Å². The van der Waals surface area contributed by atoms with Crippen LogP contribution in [-0.2, 0) is 14.8 Å². The largest absolute Gasteiger partial charge is 0.353 e. The normalized spacial score (nSPS) is 11.7. The van der Waals surface area contributed by atoms with E-state index in [-0.39, 0.29) is 35.7 Å². The molecule has 6 nitrogen and oxygen atoms in total. The van der Waals surface area contributed by atoms with Crippen molar-refractivity contribution in [3.63, 3.8) is 0 Å². The highest BCUT2D eigenvalue weighted by Crippen LogP contribution is 2.17. The summed E-state index contributed by atoms with van der Waals surface area (Å²) in [6, 6.07) is 5.77. The third-order valence-electron chi connectivity index (χ3n) is 3.00. The van der Waals surface area contributed by atoms with Gasteiger partial charge in [0.05, 0.1) is 11.4 Å². The van der Waals surface area contributed by atoms with Crippen LogP contribution in [-0.4, -0.2) is 43.5 Å². The SMILES string of the molecule is CCN(CC(=O)NC(C)C)S(=O)(=O)c1cccc(C(C)=O)c1. The number of nitrogens with one attached hydrogen (secondary N) is 1. The van der Waals surface area contributed by atoms with Crippen LogP contribution in [0.25, 0.3) is 0 Å². The number of hydrogen-bond donors (Lipinski definition) is 1. The first-order valence-electron chi connectivity index (χ1n) is 7.09. The smallest absolute Gasteiger partial charge is 0.243 e. The van der Waals surface area contributed by atoms with Crippen LogP contribution in [0, 0.1) is 0 Å². The molecule has 0 bridgehead atoms. The summed E-state index contributed by atoms with van der Waals surface area (Å²) in [7, 11) is -3.82. The molecule has 0 aliphatic carbocycles. The van der Waals surface area contributed by atoms with Gasteiger partial charge in [-0.05, 0) is 32.9 Å². The van der Waals surface area contributed by atoms with Crippen molar-refractivity contribution >= 4 is 21.7 Å². The van der Waals surface area contributed by atoms with Crippen molar-refractivity contribution in [2.75, 3.05) is 13.1 Å². The lowest BCUT2D eigenvalue weighted by Crippen LogP contribution is -2.42. The van der Waals surface area contributed by atoms with Crippen LogP contribution in [0.1, 0.15) is 38.1 Å². The maximum absolute atomic E-state index is 12.6. The van der Waals surface area contributed by atoms with E-state index in [2.05, 4.69) is 5.32 Å². The Hall–Kier alpha value is -1.73. The summed E-state index contributed by atoms with van der Waals surface area (Å²) in [5, 5.41) is 2.66. The molecule has 0 aromatic heterocycles. The van der Waals surface area contributed by atoms with E-state index in [0.29, 0.717) is 5.56 Å². The Morgan fingerprint density at radius 1 is 1.27 bits per heavy atom. The third kappa shape index (κ3) is 4.64. The van der Waals surface area contributed by atoms with Gasteiger partial charge in [-0.3, -0.25) is 9.59 Å². The number of likely N-dealkylation sites (N-methyl/N-ethyl adjacent to an activating group) is 1. The van der Waals surface area contributed by atoms with Crippen molar-refractivity contribution in [3.8, 4) is 0 Å². The second-order valence-corrected chi connectivity index (χ2v) is 7.18. The van der Waals surface area contributed by atoms with Gasteiger partial charge < -0.3 is 5.32 Å². The van der Waals surface area contributed by atoms with Gasteiger partial charge in [-0.25, -0.2) is 8.42 Å². The summed E-state index contributed by atoms with van der Waals surface area (Å²) >= 11 is 0. The van der Waals surface area contributed by atoms with E-state index >= 15 is 0 Å². The molecule has 0 atom stereocenters. The molecule has 1 N–H and O–H groups in total. The number of amides is 1. The molecule has 7 heteroatoms. The minimum atomic E-state index is -3.82. The van der Waals surface area contributed by atoms with E-state index in [1.807, 2.05) is 0 Å². The number of Topliss-reactive ketones (excluding diaryl/α,β-unsaturated/α-hetero) is 1. The molecule has 0 heterocycles. The molecule has 1 amide bonds. The van der Waals surface area contributed by atoms with Crippen molar-refractivity contribution in [1.29, 1.82) is 0 Å². The Balaban J connectivity index is 3.06. The van der Waals surface area contributed by atoms with Crippen molar-refractivity contribution in [2.45, 2.75) is 38.6 Å². The van der Waals surface area contributed by atoms with Crippen molar-refractivity contribution in [1.82, 2.24) is 9.62 Å². The minimum Gasteiger partial charge on any atom is -0.353 e. The van der Waals surface area contributed by atoms with Gasteiger partial charge in [0.25, 0.3) is 0 Å². The number of carbonyl (C=O) groups excluding carboxylic acids is 2. The van der Waals surface area contributed by atoms with Crippen LogP contribution >= 0.6 is 0 Å². The number of hydrogen-bond acceptors (Lipinski definition) is 4. The van der Waals surface area contributed by atoms with Crippen LogP contribution in [0.4, 0.5) is 0 Å². The fourth-order valence-corrected chi connectivity index (χ4v) is 3.37. The summed E-state index contributed by atoms with van der Waals surface area (Å²) in [6.07, 6.45) is 0. The predicted octanol–water partition coefficient (Wildman–Crippen LogP) is 1.42. The fourth-order valence-electron chi connectivity index (χ4n) is 1.92. The first kappa shape index (κ1) is 18.3. The number of nitrogens with zero attached hydrogens (tertiary/aromatic N) is 1. The summed E-state index contributed by atoms with van der Waals surface area (Å²) in [5.41, 5.74) is 0.323. The highest BCUT2D eigenvalue weighted by Gasteiger charge is 2.25. The average Bonchev–Trinajstić information content (AvgIpc) is 2.43. The lowest BCUT2D eigenvalue weighted by molar-refractivity contribution is -0.121. The van der Waals surface area contributed by atoms with E-state index in [9.17, 15) is 18.0 Å². The van der Waals surface area contributed by atoms with Gasteiger partial charge in [-0.1, -0.05) is 19.1 Å². The van der Waals surface area contributed by atoms with E-state index < -0.39 is 10.0 Å². The molecule has 0 aliphatic heterocycles. The standard InChI is InChI=1S/C15H22N2O4S/c1-5-17(10-15(19)16-11(2)3)22(20,21)14-8-6-7-13(9-14)12(4)18/h6-9,11H,5,10H2,1-4H3,(H,16,19). The Kier molecular flexibility index (Phi) is 6.25. The van der Waals surface area contributed by atoms with Gasteiger partial charge >= 0.3 is 0 Å². The lowest BCUT2D eigenvalue weighted by Gasteiger charge is -2.21. The zero-order valence-corrected chi connectivity index (χ0v) is 14.1. The molecule has 0 unspecified atom stereocenters. The maximum Gasteiger partial charge on any atom is 0.243 e. The second kappa shape index (κ2) is 7.51. The third-order valence-corrected chi connectivity index (χ3v) is 4.92. The molecule has 0 saturated heterocycles. The van der Waals surface area contributed by atoms with Crippen molar-refractivity contribution < 1.29 is 18.0 Å². The average molecular weight is 326 g/mol. The highest BCUT2D eigenvalue weighted by molar-refractivity contribution is 7.89. The number of sulfonamides is 1. The maximum atomic E-state index is 12.6. The Morgan fingerprint density at radius 2 is 1.91 bits per heavy atom. The first-order chi connectivity index (χ1) is 10.2. The van der Waals surface area contributed by atoms with Gasteiger partial charge in [0.2, 0.25) is 15.9 Å². The summed E-state index contributed by atoms with van der Waals surface area (Å²) in [6.45, 7) is 6.56. The topological polar surface area (TPSA) is 83.6 Å². The molecule has 0 saturated carbocycles. The first-order valence-corrected chi connectivity index (χ1v) is 8.53. The molecule has 0 aliphatic rings. The molecule has 1 rings (SSSR count). The van der Waals surface area contributed by atoms with E-state index in [4.69, 9.17) is 0 Å². The summed E-state index contributed by atoms with van der Waals surface area (Å²) < 4.78 is 26.3. The Labute approximate surface area is 131 Å². The molecule has 0 radical (unpaired) electrons. The molecule has 1 aromatic carbocycles. The van der Waals surface area contributed by atoms with Crippen LogP contribution in [0.2, 0.25) is 0 Å². The van der Waals surface area contributed by atoms with Crippen LogP contribution < -0.4 is 5.32 Å². The molecular formula is C15H22N2O4S. The Morgan fingerprint density at radius 3 is 2.41 bits per heavy atom. The molecule has 22 heavy (non-hydrogen) atoms. The number of benzene rings is 1. The molecule has 0 spiro atoms. The second-order valence-electron chi connectivity index (χ2n) is 5.24. The van der Waals surface area contributed by atoms with Gasteiger partial charge in [0, 0.05) is 18.2 Å². The van der Waals surface area contributed by atoms with Crippen LogP contribution in [0.15, 0.2) is 29.2 Å². The van der Waals surface area contributed by atoms with Gasteiger partial charge in [-0.2, -0.15) is 4.31 Å². The zero-order valence-electron chi connectivity index (χ0n) is 13.3. The van der Waals surface area contributed by atoms with E-state index in [1.165, 1.54) is 25.1 Å². The number of carbonyl (C=O) groups is 2. The molecule has 0 fully saturated rings.